The number of Topliss-reactive ketones (excluding diaryl/α,β-unsaturated/α-hetero) is 1. The summed E-state index contributed by atoms with van der Waals surface area (Å²) in [6, 6.07) is 4.89. The lowest BCUT2D eigenvalue weighted by Crippen LogP contribution is -2.35. The van der Waals surface area contributed by atoms with Crippen LogP contribution >= 0.6 is 0 Å². The first kappa shape index (κ1) is 21.4. The summed E-state index contributed by atoms with van der Waals surface area (Å²) in [7, 11) is -1.17. The zero-order valence-corrected chi connectivity index (χ0v) is 16.6. The lowest BCUT2D eigenvalue weighted by atomic mass is 9.64. The normalized spacial score (nSPS) is 23.8. The van der Waals surface area contributed by atoms with Crippen molar-refractivity contribution < 1.29 is 24.4 Å². The van der Waals surface area contributed by atoms with Crippen LogP contribution in [0.2, 0.25) is 5.82 Å². The Kier molecular flexibility index (Phi) is 6.95. The lowest BCUT2D eigenvalue weighted by Gasteiger charge is -2.29. The Morgan fingerprint density at radius 1 is 1.17 bits per heavy atom. The summed E-state index contributed by atoms with van der Waals surface area (Å²) in [5, 5.41) is 27.0. The summed E-state index contributed by atoms with van der Waals surface area (Å²) in [5.74, 6) is 0.166. The number of fused-ring (bicyclic) bond motifs is 1. The molecular formula is C21H29BN2O5. The molecule has 7 nitrogen and oxygen atoms in total. The van der Waals surface area contributed by atoms with Crippen LogP contribution in [0.1, 0.15) is 67.3 Å². The molecule has 1 atom stereocenters. The molecule has 0 aromatic heterocycles. The van der Waals surface area contributed by atoms with Crippen LogP contribution in [-0.2, 0) is 11.2 Å². The fourth-order valence-electron chi connectivity index (χ4n) is 4.62. The number of rotatable bonds is 8. The van der Waals surface area contributed by atoms with Gasteiger partial charge >= 0.3 is 13.1 Å². The van der Waals surface area contributed by atoms with E-state index in [0.717, 1.165) is 37.7 Å². The van der Waals surface area contributed by atoms with Gasteiger partial charge in [-0.05, 0) is 49.1 Å². The number of amidine groups is 1. The van der Waals surface area contributed by atoms with Gasteiger partial charge in [0.2, 0.25) is 0 Å². The molecule has 1 aliphatic carbocycles. The first-order chi connectivity index (χ1) is 13.8. The Morgan fingerprint density at radius 3 is 2.52 bits per heavy atom. The fourth-order valence-corrected chi connectivity index (χ4v) is 4.62. The predicted octanol–water partition coefficient (Wildman–Crippen LogP) is 3.04. The zero-order chi connectivity index (χ0) is 21.0. The van der Waals surface area contributed by atoms with Gasteiger partial charge in [-0.2, -0.15) is 0 Å². The standard InChI is InChI=1S/C21H29BN2O5/c23-19(24)10-14-6-4-13(5-7-14)8-9-17(25)12-16-11-15-2-1-3-18(21(26)27)20(15)29-22(16)28/h1-3,13-14,16,28H,4-12H2,(H3,23,24)(H,26,27)/t13?,14?,16-/m1/s1. The third kappa shape index (κ3) is 5.59. The monoisotopic (exact) mass is 400 g/mol. The molecule has 0 bridgehead atoms. The van der Waals surface area contributed by atoms with Gasteiger partial charge in [-0.15, -0.1) is 0 Å². The molecule has 1 aromatic rings. The molecular weight excluding hydrogens is 371 g/mol. The Labute approximate surface area is 171 Å². The van der Waals surface area contributed by atoms with E-state index in [2.05, 4.69) is 0 Å². The van der Waals surface area contributed by atoms with Crippen LogP contribution in [0.4, 0.5) is 0 Å². The van der Waals surface area contributed by atoms with Gasteiger partial charge in [0.25, 0.3) is 0 Å². The van der Waals surface area contributed by atoms with E-state index < -0.39 is 13.1 Å². The number of hydrogen-bond donors (Lipinski definition) is 4. The molecule has 0 amide bonds. The summed E-state index contributed by atoms with van der Waals surface area (Å²) in [6.45, 7) is 0. The van der Waals surface area contributed by atoms with Crippen molar-refractivity contribution in [3.8, 4) is 5.75 Å². The van der Waals surface area contributed by atoms with Crippen molar-refractivity contribution in [3.63, 3.8) is 0 Å². The molecule has 2 aliphatic rings. The summed E-state index contributed by atoms with van der Waals surface area (Å²) in [4.78, 5) is 23.8. The van der Waals surface area contributed by atoms with Gasteiger partial charge in [-0.25, -0.2) is 4.79 Å². The molecule has 0 spiro atoms. The van der Waals surface area contributed by atoms with Crippen LogP contribution in [0, 0.1) is 17.2 Å². The number of carbonyl (C=O) groups is 2. The molecule has 1 heterocycles. The quantitative estimate of drug-likeness (QED) is 0.301. The number of aromatic carboxylic acids is 1. The van der Waals surface area contributed by atoms with Crippen LogP contribution in [0.5, 0.6) is 5.75 Å². The van der Waals surface area contributed by atoms with Crippen molar-refractivity contribution >= 4 is 24.7 Å². The van der Waals surface area contributed by atoms with Crippen molar-refractivity contribution in [2.75, 3.05) is 0 Å². The molecule has 0 saturated heterocycles. The highest BCUT2D eigenvalue weighted by molar-refractivity contribution is 6.47. The summed E-state index contributed by atoms with van der Waals surface area (Å²) in [6.07, 6.45) is 6.97. The maximum absolute atomic E-state index is 12.5. The van der Waals surface area contributed by atoms with Gasteiger partial charge in [0, 0.05) is 25.1 Å². The van der Waals surface area contributed by atoms with Crippen LogP contribution in [0.3, 0.4) is 0 Å². The highest BCUT2D eigenvalue weighted by Gasteiger charge is 2.37. The van der Waals surface area contributed by atoms with Gasteiger partial charge in [0.05, 0.1) is 11.4 Å². The van der Waals surface area contributed by atoms with Crippen LogP contribution in [0.15, 0.2) is 18.2 Å². The van der Waals surface area contributed by atoms with Crippen molar-refractivity contribution in [3.05, 3.63) is 29.3 Å². The summed E-state index contributed by atoms with van der Waals surface area (Å²) >= 11 is 0. The van der Waals surface area contributed by atoms with Crippen LogP contribution in [0.25, 0.3) is 0 Å². The maximum Gasteiger partial charge on any atom is 0.526 e. The second kappa shape index (κ2) is 9.44. The molecule has 1 aliphatic heterocycles. The highest BCUT2D eigenvalue weighted by atomic mass is 16.5. The minimum absolute atomic E-state index is 0.0340. The van der Waals surface area contributed by atoms with E-state index in [9.17, 15) is 19.7 Å². The van der Waals surface area contributed by atoms with Crippen molar-refractivity contribution in [2.45, 2.75) is 63.6 Å². The molecule has 1 fully saturated rings. The highest BCUT2D eigenvalue weighted by Crippen LogP contribution is 2.37. The molecule has 0 unspecified atom stereocenters. The molecule has 1 saturated carbocycles. The molecule has 156 valence electrons. The number of carbonyl (C=O) groups excluding carboxylic acids is 1. The second-order valence-corrected chi connectivity index (χ2v) is 8.47. The number of carboxylic acid groups (broad SMARTS) is 1. The average Bonchev–Trinajstić information content (AvgIpc) is 2.67. The number of nitrogens with one attached hydrogen (secondary N) is 1. The molecule has 29 heavy (non-hydrogen) atoms. The van der Waals surface area contributed by atoms with E-state index in [-0.39, 0.29) is 35.2 Å². The number of para-hydroxylation sites is 1. The molecule has 0 radical (unpaired) electrons. The van der Waals surface area contributed by atoms with Gasteiger partial charge in [0.15, 0.2) is 0 Å². The van der Waals surface area contributed by atoms with E-state index in [0.29, 0.717) is 31.1 Å². The minimum atomic E-state index is -1.17. The number of nitrogens with two attached hydrogens (primary N) is 1. The number of hydrogen-bond acceptors (Lipinski definition) is 5. The van der Waals surface area contributed by atoms with E-state index in [1.165, 1.54) is 6.07 Å². The Bertz CT molecular complexity index is 776. The molecule has 1 aromatic carbocycles. The van der Waals surface area contributed by atoms with Gasteiger partial charge < -0.3 is 20.5 Å². The fraction of sp³-hybridized carbons (Fsp3) is 0.571. The van der Waals surface area contributed by atoms with Crippen LogP contribution < -0.4 is 10.4 Å². The Hall–Kier alpha value is -2.35. The van der Waals surface area contributed by atoms with Gasteiger partial charge in [-0.3, -0.25) is 10.2 Å². The average molecular weight is 400 g/mol. The van der Waals surface area contributed by atoms with E-state index in [1.807, 2.05) is 0 Å². The largest absolute Gasteiger partial charge is 0.535 e. The summed E-state index contributed by atoms with van der Waals surface area (Å²) in [5.41, 5.74) is 6.24. The van der Waals surface area contributed by atoms with Crippen molar-refractivity contribution in [1.29, 1.82) is 5.41 Å². The van der Waals surface area contributed by atoms with Crippen molar-refractivity contribution in [2.24, 2.45) is 17.6 Å². The smallest absolute Gasteiger partial charge is 0.526 e. The third-order valence-electron chi connectivity index (χ3n) is 6.25. The van der Waals surface area contributed by atoms with E-state index in [1.54, 1.807) is 12.1 Å². The van der Waals surface area contributed by atoms with E-state index in [4.69, 9.17) is 15.8 Å². The first-order valence-electron chi connectivity index (χ1n) is 10.4. The minimum Gasteiger partial charge on any atom is -0.535 e. The molecule has 3 rings (SSSR count). The third-order valence-corrected chi connectivity index (χ3v) is 6.25. The van der Waals surface area contributed by atoms with E-state index >= 15 is 0 Å². The first-order valence-corrected chi connectivity index (χ1v) is 10.4. The SMILES string of the molecule is N=C(N)CC1CCC(CCC(=O)C[C@H]2Cc3cccc(C(=O)O)c3OB2O)CC1. The molecule has 5 N–H and O–H groups in total. The Balaban J connectivity index is 1.47. The number of ketones is 1. The lowest BCUT2D eigenvalue weighted by molar-refractivity contribution is -0.119. The topological polar surface area (TPSA) is 134 Å². The maximum atomic E-state index is 12.5. The van der Waals surface area contributed by atoms with Gasteiger partial charge in [0.1, 0.15) is 11.5 Å². The van der Waals surface area contributed by atoms with Crippen molar-refractivity contribution in [1.82, 2.24) is 0 Å². The zero-order valence-electron chi connectivity index (χ0n) is 16.6. The van der Waals surface area contributed by atoms with Crippen LogP contribution in [-0.4, -0.2) is 34.8 Å². The number of benzene rings is 1. The number of carboxylic acids is 1. The van der Waals surface area contributed by atoms with Gasteiger partial charge in [-0.1, -0.05) is 25.0 Å². The Morgan fingerprint density at radius 2 is 1.86 bits per heavy atom. The summed E-state index contributed by atoms with van der Waals surface area (Å²) < 4.78 is 5.47. The molecule has 8 heteroatoms. The predicted molar refractivity (Wildman–Crippen MR) is 110 cm³/mol. The second-order valence-electron chi connectivity index (χ2n) is 8.47.